The Balaban J connectivity index is 2.10. The molecule has 13 heavy (non-hydrogen) atoms. The van der Waals surface area contributed by atoms with Crippen molar-refractivity contribution in [3.8, 4) is 0 Å². The van der Waals surface area contributed by atoms with E-state index >= 15 is 0 Å². The zero-order chi connectivity index (χ0) is 8.93. The zero-order valence-electron chi connectivity index (χ0n) is 7.70. The fourth-order valence-electron chi connectivity index (χ4n) is 1.56. The number of hydrogen-bond donors (Lipinski definition) is 0. The van der Waals surface area contributed by atoms with Crippen LogP contribution in [0, 0.1) is 0 Å². The van der Waals surface area contributed by atoms with Gasteiger partial charge in [-0.15, -0.1) is 0 Å². The zero-order valence-corrected chi connectivity index (χ0v) is 7.70. The van der Waals surface area contributed by atoms with Gasteiger partial charge < -0.3 is 4.74 Å². The van der Waals surface area contributed by atoms with Gasteiger partial charge in [-0.3, -0.25) is 0 Å². The van der Waals surface area contributed by atoms with Crippen LogP contribution in [0.5, 0.6) is 0 Å². The van der Waals surface area contributed by atoms with Crippen LogP contribution < -0.4 is 0 Å². The van der Waals surface area contributed by atoms with Crippen LogP contribution in [0.2, 0.25) is 0 Å². The first kappa shape index (κ1) is 8.52. The fourth-order valence-corrected chi connectivity index (χ4v) is 1.56. The number of ether oxygens (including phenoxy) is 1. The van der Waals surface area contributed by atoms with E-state index in [1.54, 1.807) is 0 Å². The minimum Gasteiger partial charge on any atom is -0.381 e. The molecule has 0 aliphatic carbocycles. The van der Waals surface area contributed by atoms with Crippen LogP contribution in [0.3, 0.4) is 0 Å². The second kappa shape index (κ2) is 4.24. The molecule has 0 radical (unpaired) electrons. The number of hydrogen-bond acceptors (Lipinski definition) is 1. The van der Waals surface area contributed by atoms with E-state index < -0.39 is 0 Å². The molecule has 1 fully saturated rings. The summed E-state index contributed by atoms with van der Waals surface area (Å²) in [6.45, 7) is 1.78. The van der Waals surface area contributed by atoms with Crippen LogP contribution in [-0.4, -0.2) is 13.2 Å². The lowest BCUT2D eigenvalue weighted by atomic mass is 10.0. The summed E-state index contributed by atoms with van der Waals surface area (Å²) in [6.07, 6.45) is 4.46. The summed E-state index contributed by atoms with van der Waals surface area (Å²) < 4.78 is 5.30. The fraction of sp³-hybridized carbons (Fsp3) is 0.333. The van der Waals surface area contributed by atoms with Gasteiger partial charge in [-0.1, -0.05) is 42.0 Å². The van der Waals surface area contributed by atoms with Crippen LogP contribution in [0.15, 0.2) is 35.9 Å². The van der Waals surface area contributed by atoms with Crippen LogP contribution in [0.1, 0.15) is 18.4 Å². The average molecular weight is 174 g/mol. The smallest absolute Gasteiger partial charge is 0.0503 e. The van der Waals surface area contributed by atoms with Gasteiger partial charge in [0.25, 0.3) is 0 Å². The summed E-state index contributed by atoms with van der Waals surface area (Å²) in [7, 11) is 0. The third-order valence-corrected chi connectivity index (χ3v) is 2.31. The molecule has 0 atom stereocenters. The van der Waals surface area contributed by atoms with E-state index in [9.17, 15) is 0 Å². The molecule has 0 saturated carbocycles. The first-order chi connectivity index (χ1) is 6.45. The lowest BCUT2D eigenvalue weighted by Crippen LogP contribution is -2.06. The van der Waals surface area contributed by atoms with E-state index in [-0.39, 0.29) is 0 Å². The van der Waals surface area contributed by atoms with Crippen molar-refractivity contribution in [2.75, 3.05) is 13.2 Å². The molecular weight excluding hydrogens is 160 g/mol. The van der Waals surface area contributed by atoms with Crippen molar-refractivity contribution in [1.82, 2.24) is 0 Å². The molecule has 1 aromatic rings. The van der Waals surface area contributed by atoms with Crippen molar-refractivity contribution in [1.29, 1.82) is 0 Å². The largest absolute Gasteiger partial charge is 0.381 e. The molecule has 1 nitrogen and oxygen atoms in total. The maximum absolute atomic E-state index is 5.30. The van der Waals surface area contributed by atoms with Gasteiger partial charge >= 0.3 is 0 Å². The quantitative estimate of drug-likeness (QED) is 0.636. The van der Waals surface area contributed by atoms with Crippen LogP contribution >= 0.6 is 0 Å². The normalized spacial score (nSPS) is 17.1. The SMILES string of the molecule is C(=C1CCOCC1)c1ccccc1. The Labute approximate surface area is 79.0 Å². The average Bonchev–Trinajstić information content (AvgIpc) is 2.21. The lowest BCUT2D eigenvalue weighted by Gasteiger charge is -2.14. The van der Waals surface area contributed by atoms with Crippen molar-refractivity contribution >= 4 is 6.08 Å². The summed E-state index contributed by atoms with van der Waals surface area (Å²) >= 11 is 0. The molecule has 1 saturated heterocycles. The minimum atomic E-state index is 0.888. The Kier molecular flexibility index (Phi) is 2.78. The Morgan fingerprint density at radius 2 is 1.69 bits per heavy atom. The summed E-state index contributed by atoms with van der Waals surface area (Å²) in [5.41, 5.74) is 2.82. The van der Waals surface area contributed by atoms with E-state index in [2.05, 4.69) is 30.3 Å². The second-order valence-electron chi connectivity index (χ2n) is 3.33. The van der Waals surface area contributed by atoms with Gasteiger partial charge in [-0.2, -0.15) is 0 Å². The third-order valence-electron chi connectivity index (χ3n) is 2.31. The van der Waals surface area contributed by atoms with Gasteiger partial charge in [0, 0.05) is 0 Å². The number of benzene rings is 1. The van der Waals surface area contributed by atoms with E-state index in [4.69, 9.17) is 4.74 Å². The summed E-state index contributed by atoms with van der Waals surface area (Å²) in [5, 5.41) is 0. The molecule has 0 unspecified atom stereocenters. The molecule has 1 aliphatic heterocycles. The molecule has 1 heteroatoms. The van der Waals surface area contributed by atoms with Crippen molar-refractivity contribution in [3.05, 3.63) is 41.5 Å². The molecule has 1 aromatic carbocycles. The van der Waals surface area contributed by atoms with Crippen LogP contribution in [0.25, 0.3) is 6.08 Å². The molecule has 0 spiro atoms. The molecular formula is C12H14O. The van der Waals surface area contributed by atoms with E-state index in [0.717, 1.165) is 26.1 Å². The lowest BCUT2D eigenvalue weighted by molar-refractivity contribution is 0.119. The molecule has 1 heterocycles. The van der Waals surface area contributed by atoms with Crippen molar-refractivity contribution in [2.24, 2.45) is 0 Å². The molecule has 0 aromatic heterocycles. The van der Waals surface area contributed by atoms with Crippen molar-refractivity contribution in [2.45, 2.75) is 12.8 Å². The van der Waals surface area contributed by atoms with Gasteiger partial charge in [0.15, 0.2) is 0 Å². The Hall–Kier alpha value is -1.08. The molecule has 0 bridgehead atoms. The second-order valence-corrected chi connectivity index (χ2v) is 3.33. The highest BCUT2D eigenvalue weighted by molar-refractivity contribution is 5.52. The topological polar surface area (TPSA) is 9.23 Å². The summed E-state index contributed by atoms with van der Waals surface area (Å²) in [5.74, 6) is 0. The first-order valence-electron chi connectivity index (χ1n) is 4.77. The van der Waals surface area contributed by atoms with Crippen LogP contribution in [0.4, 0.5) is 0 Å². The molecule has 0 N–H and O–H groups in total. The highest BCUT2D eigenvalue weighted by Gasteiger charge is 2.04. The molecule has 68 valence electrons. The van der Waals surface area contributed by atoms with E-state index in [0.29, 0.717) is 0 Å². The maximum atomic E-state index is 5.30. The standard InChI is InChI=1S/C12H14O/c1-2-4-11(5-3-1)10-12-6-8-13-9-7-12/h1-5,10H,6-9H2. The summed E-state index contributed by atoms with van der Waals surface area (Å²) in [6, 6.07) is 10.5. The summed E-state index contributed by atoms with van der Waals surface area (Å²) in [4.78, 5) is 0. The third kappa shape index (κ3) is 2.43. The van der Waals surface area contributed by atoms with Gasteiger partial charge in [-0.25, -0.2) is 0 Å². The Morgan fingerprint density at radius 1 is 1.00 bits per heavy atom. The molecule has 0 amide bonds. The van der Waals surface area contributed by atoms with E-state index in [1.807, 2.05) is 6.07 Å². The highest BCUT2D eigenvalue weighted by Crippen LogP contribution is 2.16. The van der Waals surface area contributed by atoms with Crippen molar-refractivity contribution in [3.63, 3.8) is 0 Å². The van der Waals surface area contributed by atoms with Gasteiger partial charge in [0.1, 0.15) is 0 Å². The van der Waals surface area contributed by atoms with E-state index in [1.165, 1.54) is 11.1 Å². The molecule has 2 rings (SSSR count). The number of rotatable bonds is 1. The first-order valence-corrected chi connectivity index (χ1v) is 4.77. The maximum Gasteiger partial charge on any atom is 0.0503 e. The van der Waals surface area contributed by atoms with Crippen LogP contribution in [-0.2, 0) is 4.74 Å². The van der Waals surface area contributed by atoms with Crippen molar-refractivity contribution < 1.29 is 4.74 Å². The minimum absolute atomic E-state index is 0.888. The van der Waals surface area contributed by atoms with Gasteiger partial charge in [0.2, 0.25) is 0 Å². The van der Waals surface area contributed by atoms with Gasteiger partial charge in [0.05, 0.1) is 13.2 Å². The molecule has 1 aliphatic rings. The Morgan fingerprint density at radius 3 is 2.38 bits per heavy atom. The Bertz CT molecular complexity index is 279. The highest BCUT2D eigenvalue weighted by atomic mass is 16.5. The predicted molar refractivity (Wildman–Crippen MR) is 54.5 cm³/mol. The monoisotopic (exact) mass is 174 g/mol. The van der Waals surface area contributed by atoms with Gasteiger partial charge in [-0.05, 0) is 18.4 Å². The predicted octanol–water partition coefficient (Wildman–Crippen LogP) is 2.88.